The van der Waals surface area contributed by atoms with Crippen LogP contribution >= 0.6 is 0 Å². The summed E-state index contributed by atoms with van der Waals surface area (Å²) in [5.74, 6) is -0.249. The van der Waals surface area contributed by atoms with Crippen LogP contribution in [0.15, 0.2) is 73.3 Å². The number of nitrogens with one attached hydrogen (secondary N) is 1. The fraction of sp³-hybridized carbons (Fsp3) is 0.100. The second kappa shape index (κ2) is 7.83. The van der Waals surface area contributed by atoms with Crippen molar-refractivity contribution in [2.24, 2.45) is 0 Å². The van der Waals surface area contributed by atoms with Crippen LogP contribution in [0.1, 0.15) is 5.56 Å². The van der Waals surface area contributed by atoms with E-state index in [2.05, 4.69) is 20.5 Å². The Hall–Kier alpha value is -3.81. The van der Waals surface area contributed by atoms with E-state index < -0.39 is 5.82 Å². The van der Waals surface area contributed by atoms with E-state index in [1.807, 2.05) is 30.3 Å². The Kier molecular flexibility index (Phi) is 4.92. The number of hydrogen-bond donors (Lipinski definition) is 1. The molecule has 0 aliphatic heterocycles. The molecule has 0 aliphatic rings. The van der Waals surface area contributed by atoms with Crippen LogP contribution in [0, 0.1) is 5.82 Å². The molecule has 0 aliphatic carbocycles. The lowest BCUT2D eigenvalue weighted by molar-refractivity contribution is -0.116. The molecular weight excluding hydrogens is 359 g/mol. The minimum atomic E-state index is -0.435. The van der Waals surface area contributed by atoms with Gasteiger partial charge in [0.2, 0.25) is 5.91 Å². The molecular formula is C20H17FN6O. The van der Waals surface area contributed by atoms with Gasteiger partial charge in [-0.25, -0.2) is 4.39 Å². The number of hydrogen-bond acceptors (Lipinski definition) is 4. The van der Waals surface area contributed by atoms with Crippen molar-refractivity contribution in [1.29, 1.82) is 0 Å². The van der Waals surface area contributed by atoms with E-state index in [0.29, 0.717) is 17.9 Å². The number of rotatable bonds is 6. The second-order valence-electron chi connectivity index (χ2n) is 6.19. The SMILES string of the molecule is O=C(Cn1cc(-c2ncccc2F)cn1)Nc1ccn(Cc2ccccc2)n1. The van der Waals surface area contributed by atoms with Crippen molar-refractivity contribution >= 4 is 11.7 Å². The van der Waals surface area contributed by atoms with E-state index in [1.165, 1.54) is 29.2 Å². The normalized spacial score (nSPS) is 10.8. The molecule has 4 aromatic rings. The Labute approximate surface area is 160 Å². The molecule has 140 valence electrons. The number of carbonyl (C=O) groups excluding carboxylic acids is 1. The Morgan fingerprint density at radius 1 is 1.07 bits per heavy atom. The van der Waals surface area contributed by atoms with E-state index in [0.717, 1.165) is 5.56 Å². The van der Waals surface area contributed by atoms with Gasteiger partial charge in [0.25, 0.3) is 0 Å². The summed E-state index contributed by atoms with van der Waals surface area (Å²) in [5, 5.41) is 11.2. The predicted octanol–water partition coefficient (Wildman–Crippen LogP) is 2.97. The molecule has 0 unspecified atom stereocenters. The number of pyridine rings is 1. The molecule has 8 heteroatoms. The summed E-state index contributed by atoms with van der Waals surface area (Å²) in [6.45, 7) is 0.606. The van der Waals surface area contributed by atoms with E-state index in [9.17, 15) is 9.18 Å². The van der Waals surface area contributed by atoms with Gasteiger partial charge in [0, 0.05) is 30.2 Å². The lowest BCUT2D eigenvalue weighted by atomic mass is 10.2. The summed E-state index contributed by atoms with van der Waals surface area (Å²) >= 11 is 0. The minimum Gasteiger partial charge on any atom is -0.308 e. The van der Waals surface area contributed by atoms with Gasteiger partial charge in [-0.2, -0.15) is 10.2 Å². The second-order valence-corrected chi connectivity index (χ2v) is 6.19. The van der Waals surface area contributed by atoms with Crippen LogP contribution in [0.5, 0.6) is 0 Å². The molecule has 0 spiro atoms. The molecule has 3 aromatic heterocycles. The summed E-state index contributed by atoms with van der Waals surface area (Å²) in [4.78, 5) is 16.3. The predicted molar refractivity (Wildman–Crippen MR) is 102 cm³/mol. The van der Waals surface area contributed by atoms with Crippen molar-refractivity contribution in [2.45, 2.75) is 13.1 Å². The molecule has 1 N–H and O–H groups in total. The fourth-order valence-electron chi connectivity index (χ4n) is 2.79. The summed E-state index contributed by atoms with van der Waals surface area (Å²) in [6.07, 6.45) is 6.37. The maximum Gasteiger partial charge on any atom is 0.247 e. The van der Waals surface area contributed by atoms with Crippen LogP contribution in [0.2, 0.25) is 0 Å². The van der Waals surface area contributed by atoms with Crippen molar-refractivity contribution in [3.8, 4) is 11.3 Å². The van der Waals surface area contributed by atoms with Crippen molar-refractivity contribution in [2.75, 3.05) is 5.32 Å². The average molecular weight is 376 g/mol. The smallest absolute Gasteiger partial charge is 0.247 e. The number of benzene rings is 1. The number of nitrogens with zero attached hydrogens (tertiary/aromatic N) is 5. The zero-order valence-electron chi connectivity index (χ0n) is 14.9. The van der Waals surface area contributed by atoms with E-state index >= 15 is 0 Å². The monoisotopic (exact) mass is 376 g/mol. The zero-order chi connectivity index (χ0) is 19.3. The Bertz CT molecular complexity index is 1090. The number of anilines is 1. The highest BCUT2D eigenvalue weighted by atomic mass is 19.1. The first-order valence-corrected chi connectivity index (χ1v) is 8.68. The quantitative estimate of drug-likeness (QED) is 0.561. The van der Waals surface area contributed by atoms with Gasteiger partial charge in [0.15, 0.2) is 5.82 Å². The molecule has 0 bridgehead atoms. The first-order chi connectivity index (χ1) is 13.7. The van der Waals surface area contributed by atoms with Crippen LogP contribution in [0.4, 0.5) is 10.2 Å². The van der Waals surface area contributed by atoms with Crippen LogP contribution < -0.4 is 5.32 Å². The molecule has 0 fully saturated rings. The van der Waals surface area contributed by atoms with Crippen molar-refractivity contribution in [3.63, 3.8) is 0 Å². The maximum atomic E-state index is 13.8. The van der Waals surface area contributed by atoms with Gasteiger partial charge in [0.1, 0.15) is 18.1 Å². The molecule has 0 saturated heterocycles. The lowest BCUT2D eigenvalue weighted by Crippen LogP contribution is -2.19. The molecule has 7 nitrogen and oxygen atoms in total. The van der Waals surface area contributed by atoms with Crippen LogP contribution in [0.3, 0.4) is 0 Å². The minimum absolute atomic E-state index is 0.0139. The molecule has 0 radical (unpaired) electrons. The Balaban J connectivity index is 1.37. The van der Waals surface area contributed by atoms with Gasteiger partial charge < -0.3 is 5.32 Å². The highest BCUT2D eigenvalue weighted by Crippen LogP contribution is 2.18. The van der Waals surface area contributed by atoms with E-state index in [1.54, 1.807) is 23.1 Å². The molecule has 0 atom stereocenters. The number of aromatic nitrogens is 5. The third-order valence-electron chi connectivity index (χ3n) is 4.07. The highest BCUT2D eigenvalue weighted by molar-refractivity contribution is 5.89. The summed E-state index contributed by atoms with van der Waals surface area (Å²) in [6, 6.07) is 14.5. The molecule has 4 rings (SSSR count). The Morgan fingerprint density at radius 3 is 2.75 bits per heavy atom. The van der Waals surface area contributed by atoms with Gasteiger partial charge in [-0.15, -0.1) is 0 Å². The van der Waals surface area contributed by atoms with Gasteiger partial charge >= 0.3 is 0 Å². The van der Waals surface area contributed by atoms with E-state index in [-0.39, 0.29) is 18.1 Å². The standard InChI is InChI=1S/C20H17FN6O/c21-17-7-4-9-22-20(17)16-11-23-27(13-16)14-19(28)24-18-8-10-26(25-18)12-15-5-2-1-3-6-15/h1-11,13H,12,14H2,(H,24,25,28). The van der Waals surface area contributed by atoms with Crippen LogP contribution in [-0.2, 0) is 17.9 Å². The summed E-state index contributed by atoms with van der Waals surface area (Å²) in [5.41, 5.74) is 1.83. The molecule has 3 heterocycles. The zero-order valence-corrected chi connectivity index (χ0v) is 14.9. The van der Waals surface area contributed by atoms with Gasteiger partial charge in [-0.1, -0.05) is 30.3 Å². The van der Waals surface area contributed by atoms with E-state index in [4.69, 9.17) is 0 Å². The summed E-state index contributed by atoms with van der Waals surface area (Å²) < 4.78 is 17.0. The first-order valence-electron chi connectivity index (χ1n) is 8.68. The molecule has 1 aromatic carbocycles. The average Bonchev–Trinajstić information content (AvgIpc) is 3.32. The third-order valence-corrected chi connectivity index (χ3v) is 4.07. The van der Waals surface area contributed by atoms with Crippen molar-refractivity contribution < 1.29 is 9.18 Å². The molecule has 0 saturated carbocycles. The molecule has 1 amide bonds. The largest absolute Gasteiger partial charge is 0.308 e. The highest BCUT2D eigenvalue weighted by Gasteiger charge is 2.11. The number of amides is 1. The molecule has 28 heavy (non-hydrogen) atoms. The van der Waals surface area contributed by atoms with Crippen molar-refractivity contribution in [3.05, 3.63) is 84.7 Å². The summed E-state index contributed by atoms with van der Waals surface area (Å²) in [7, 11) is 0. The fourth-order valence-corrected chi connectivity index (χ4v) is 2.79. The first kappa shape index (κ1) is 17.6. The van der Waals surface area contributed by atoms with Crippen LogP contribution in [-0.4, -0.2) is 30.5 Å². The number of halogens is 1. The third kappa shape index (κ3) is 4.12. The van der Waals surface area contributed by atoms with Gasteiger partial charge in [-0.05, 0) is 17.7 Å². The van der Waals surface area contributed by atoms with Gasteiger partial charge in [-0.3, -0.25) is 19.1 Å². The Morgan fingerprint density at radius 2 is 1.93 bits per heavy atom. The van der Waals surface area contributed by atoms with Crippen molar-refractivity contribution in [1.82, 2.24) is 24.5 Å². The van der Waals surface area contributed by atoms with Crippen LogP contribution in [0.25, 0.3) is 11.3 Å². The lowest BCUT2D eigenvalue weighted by Gasteiger charge is -2.03. The topological polar surface area (TPSA) is 77.6 Å². The number of carbonyl (C=O) groups is 1. The maximum absolute atomic E-state index is 13.8. The van der Waals surface area contributed by atoms with Gasteiger partial charge in [0.05, 0.1) is 12.7 Å².